The Hall–Kier alpha value is -2.44. The van der Waals surface area contributed by atoms with Crippen LogP contribution in [0.3, 0.4) is 0 Å². The second-order valence-corrected chi connectivity index (χ2v) is 9.30. The number of ether oxygens (including phenoxy) is 1. The highest BCUT2D eigenvalue weighted by Gasteiger charge is 2.39. The van der Waals surface area contributed by atoms with E-state index >= 15 is 0 Å². The molecular formula is C26H33FN2O3. The van der Waals surface area contributed by atoms with Crippen molar-refractivity contribution in [3.63, 3.8) is 0 Å². The summed E-state index contributed by atoms with van der Waals surface area (Å²) in [7, 11) is 0. The van der Waals surface area contributed by atoms with Crippen LogP contribution in [-0.4, -0.2) is 65.2 Å². The number of hydrogen-bond donors (Lipinski definition) is 1. The number of benzene rings is 2. The normalized spacial score (nSPS) is 27.0. The summed E-state index contributed by atoms with van der Waals surface area (Å²) in [5.41, 5.74) is 0.190. The second kappa shape index (κ2) is 10.0. The van der Waals surface area contributed by atoms with Crippen LogP contribution in [0.15, 0.2) is 54.6 Å². The summed E-state index contributed by atoms with van der Waals surface area (Å²) in [6.45, 7) is 3.53. The zero-order valence-corrected chi connectivity index (χ0v) is 18.8. The van der Waals surface area contributed by atoms with E-state index in [2.05, 4.69) is 35.2 Å². The van der Waals surface area contributed by atoms with Gasteiger partial charge in [-0.3, -0.25) is 9.69 Å². The fraction of sp³-hybridized carbons (Fsp3) is 0.500. The molecular weight excluding hydrogens is 407 g/mol. The lowest BCUT2D eigenvalue weighted by Gasteiger charge is -2.39. The fourth-order valence-corrected chi connectivity index (χ4v) is 5.14. The first kappa shape index (κ1) is 22.7. The molecule has 2 aliphatic rings. The number of amides is 1. The monoisotopic (exact) mass is 440 g/mol. The molecule has 0 unspecified atom stereocenters. The molecule has 1 aliphatic heterocycles. The predicted molar refractivity (Wildman–Crippen MR) is 122 cm³/mol. The number of carbonyl (C=O) groups excluding carboxylic acids is 1. The molecule has 2 aromatic rings. The summed E-state index contributed by atoms with van der Waals surface area (Å²) in [4.78, 5) is 16.2. The van der Waals surface area contributed by atoms with Gasteiger partial charge in [-0.05, 0) is 49.3 Å². The average Bonchev–Trinajstić information content (AvgIpc) is 2.98. The molecule has 1 saturated heterocycles. The lowest BCUT2D eigenvalue weighted by atomic mass is 9.81. The molecule has 1 heterocycles. The van der Waals surface area contributed by atoms with Crippen LogP contribution in [-0.2, 0) is 4.79 Å². The largest absolute Gasteiger partial charge is 0.490 e. The first-order chi connectivity index (χ1) is 15.4. The Morgan fingerprint density at radius 3 is 2.50 bits per heavy atom. The highest BCUT2D eigenvalue weighted by Crippen LogP contribution is 2.35. The van der Waals surface area contributed by atoms with Crippen molar-refractivity contribution in [2.45, 2.75) is 50.2 Å². The van der Waals surface area contributed by atoms with Gasteiger partial charge in [0.25, 0.3) is 0 Å². The smallest absolute Gasteiger partial charge is 0.219 e. The van der Waals surface area contributed by atoms with Crippen LogP contribution in [0, 0.1) is 5.82 Å². The number of aliphatic hydroxyl groups is 1. The van der Waals surface area contributed by atoms with Gasteiger partial charge < -0.3 is 14.7 Å². The first-order valence-corrected chi connectivity index (χ1v) is 11.6. The minimum absolute atomic E-state index is 0.0100. The fourth-order valence-electron chi connectivity index (χ4n) is 5.14. The molecule has 1 atom stereocenters. The summed E-state index contributed by atoms with van der Waals surface area (Å²) in [6, 6.07) is 17.0. The number of rotatable bonds is 5. The van der Waals surface area contributed by atoms with Crippen LogP contribution in [0.4, 0.5) is 4.39 Å². The number of halogens is 1. The van der Waals surface area contributed by atoms with Crippen LogP contribution in [0.25, 0.3) is 0 Å². The van der Waals surface area contributed by atoms with Crippen molar-refractivity contribution in [1.29, 1.82) is 0 Å². The molecule has 1 amide bonds. The summed E-state index contributed by atoms with van der Waals surface area (Å²) < 4.78 is 19.3. The molecule has 172 valence electrons. The molecule has 6 heteroatoms. The Bertz CT molecular complexity index is 901. The van der Waals surface area contributed by atoms with E-state index in [-0.39, 0.29) is 24.9 Å². The van der Waals surface area contributed by atoms with E-state index in [1.54, 1.807) is 17.0 Å². The first-order valence-electron chi connectivity index (χ1n) is 11.6. The summed E-state index contributed by atoms with van der Waals surface area (Å²) in [5.74, 6) is 0.539. The van der Waals surface area contributed by atoms with Crippen molar-refractivity contribution >= 4 is 5.91 Å². The minimum Gasteiger partial charge on any atom is -0.490 e. The van der Waals surface area contributed by atoms with Crippen LogP contribution in [0.2, 0.25) is 0 Å². The van der Waals surface area contributed by atoms with E-state index in [9.17, 15) is 14.3 Å². The number of β-amino-alcohol motifs (C(OH)–C–C–N with tert-alkyl or cyclic N) is 1. The van der Waals surface area contributed by atoms with Crippen LogP contribution < -0.4 is 4.74 Å². The van der Waals surface area contributed by atoms with Crippen molar-refractivity contribution in [3.8, 4) is 5.75 Å². The number of carbonyl (C=O) groups is 1. The van der Waals surface area contributed by atoms with E-state index < -0.39 is 5.60 Å². The molecule has 1 N–H and O–H groups in total. The van der Waals surface area contributed by atoms with E-state index in [1.807, 2.05) is 0 Å². The Morgan fingerprint density at radius 1 is 1.06 bits per heavy atom. The van der Waals surface area contributed by atoms with E-state index in [0.29, 0.717) is 30.8 Å². The van der Waals surface area contributed by atoms with Crippen LogP contribution in [0.1, 0.15) is 44.1 Å². The van der Waals surface area contributed by atoms with Gasteiger partial charge in [-0.15, -0.1) is 0 Å². The molecule has 0 bridgehead atoms. The lowest BCUT2D eigenvalue weighted by molar-refractivity contribution is -0.132. The van der Waals surface area contributed by atoms with Crippen LogP contribution in [0.5, 0.6) is 5.75 Å². The zero-order valence-electron chi connectivity index (χ0n) is 18.8. The molecule has 2 fully saturated rings. The molecule has 0 radical (unpaired) electrons. The molecule has 0 spiro atoms. The van der Waals surface area contributed by atoms with E-state index in [1.165, 1.54) is 24.6 Å². The van der Waals surface area contributed by atoms with Crippen molar-refractivity contribution in [3.05, 3.63) is 66.0 Å². The van der Waals surface area contributed by atoms with Gasteiger partial charge >= 0.3 is 0 Å². The van der Waals surface area contributed by atoms with Gasteiger partial charge in [-0.2, -0.15) is 0 Å². The van der Waals surface area contributed by atoms with Gasteiger partial charge in [0.2, 0.25) is 5.91 Å². The van der Waals surface area contributed by atoms with E-state index in [4.69, 9.17) is 4.74 Å². The van der Waals surface area contributed by atoms with Crippen molar-refractivity contribution in [2.24, 2.45) is 0 Å². The molecule has 1 saturated carbocycles. The van der Waals surface area contributed by atoms with E-state index in [0.717, 1.165) is 32.2 Å². The topological polar surface area (TPSA) is 53.0 Å². The number of hydrogen-bond acceptors (Lipinski definition) is 4. The molecule has 2 aromatic carbocycles. The standard InChI is InChI=1S/C26H33FN2O3/c1-20(30)28-14-15-29(24-12-10-22(11-13-24)21-6-3-2-4-7-21)18-26(31,17-28)19-32-25-9-5-8-23(27)16-25/h2-9,16,22,24,31H,10-15,17-19H2,1H3/t22?,24?,26-/m1/s1. The molecule has 1 aliphatic carbocycles. The Morgan fingerprint density at radius 2 is 1.81 bits per heavy atom. The van der Waals surface area contributed by atoms with Crippen molar-refractivity contribution < 1.29 is 19.0 Å². The third-order valence-electron chi connectivity index (χ3n) is 6.87. The minimum atomic E-state index is -1.22. The molecule has 5 nitrogen and oxygen atoms in total. The molecule has 4 rings (SSSR count). The van der Waals surface area contributed by atoms with Gasteiger partial charge in [-0.25, -0.2) is 4.39 Å². The van der Waals surface area contributed by atoms with Gasteiger partial charge in [-0.1, -0.05) is 36.4 Å². The lowest BCUT2D eigenvalue weighted by Crippen LogP contribution is -2.53. The maximum absolute atomic E-state index is 13.5. The van der Waals surface area contributed by atoms with Crippen molar-refractivity contribution in [2.75, 3.05) is 32.8 Å². The molecule has 0 aromatic heterocycles. The second-order valence-electron chi connectivity index (χ2n) is 9.30. The Kier molecular flexibility index (Phi) is 7.11. The summed E-state index contributed by atoms with van der Waals surface area (Å²) >= 11 is 0. The Labute approximate surface area is 189 Å². The number of nitrogens with zero attached hydrogens (tertiary/aromatic N) is 2. The SMILES string of the molecule is CC(=O)N1CCN(C2CCC(c3ccccc3)CC2)C[C@@](O)(COc2cccc(F)c2)C1. The predicted octanol–water partition coefficient (Wildman–Crippen LogP) is 3.83. The highest BCUT2D eigenvalue weighted by molar-refractivity contribution is 5.73. The summed E-state index contributed by atoms with van der Waals surface area (Å²) in [6.07, 6.45) is 4.39. The third kappa shape index (κ3) is 5.67. The average molecular weight is 441 g/mol. The summed E-state index contributed by atoms with van der Waals surface area (Å²) in [5, 5.41) is 11.5. The third-order valence-corrected chi connectivity index (χ3v) is 6.87. The van der Waals surface area contributed by atoms with Gasteiger partial charge in [0, 0.05) is 38.7 Å². The van der Waals surface area contributed by atoms with Gasteiger partial charge in [0.15, 0.2) is 0 Å². The molecule has 32 heavy (non-hydrogen) atoms. The maximum atomic E-state index is 13.5. The highest BCUT2D eigenvalue weighted by atomic mass is 19.1. The quantitative estimate of drug-likeness (QED) is 0.768. The Balaban J connectivity index is 1.42. The maximum Gasteiger partial charge on any atom is 0.219 e. The van der Waals surface area contributed by atoms with Crippen LogP contribution >= 0.6 is 0 Å². The zero-order chi connectivity index (χ0) is 22.6. The van der Waals surface area contributed by atoms with Crippen molar-refractivity contribution in [1.82, 2.24) is 9.80 Å². The van der Waals surface area contributed by atoms with Gasteiger partial charge in [0.1, 0.15) is 23.8 Å². The van der Waals surface area contributed by atoms with Gasteiger partial charge in [0.05, 0.1) is 6.54 Å².